The number of rotatable bonds is 7. The molecule has 0 atom stereocenters. The molecule has 0 saturated carbocycles. The molecule has 1 aliphatic heterocycles. The summed E-state index contributed by atoms with van der Waals surface area (Å²) in [5.41, 5.74) is 2.27. The van der Waals surface area contributed by atoms with Gasteiger partial charge in [-0.25, -0.2) is 4.79 Å². The molecule has 0 unspecified atom stereocenters. The molecule has 2 heterocycles. The van der Waals surface area contributed by atoms with Crippen LogP contribution in [-0.2, 0) is 9.53 Å². The zero-order chi connectivity index (χ0) is 24.6. The summed E-state index contributed by atoms with van der Waals surface area (Å²) >= 11 is 0. The number of esters is 1. The van der Waals surface area contributed by atoms with Crippen molar-refractivity contribution in [2.24, 2.45) is 0 Å². The molecule has 8 nitrogen and oxygen atoms in total. The van der Waals surface area contributed by atoms with Crippen molar-refractivity contribution in [3.63, 3.8) is 0 Å². The molecule has 1 aliphatic rings. The summed E-state index contributed by atoms with van der Waals surface area (Å²) in [5, 5.41) is 2.87. The van der Waals surface area contributed by atoms with Crippen molar-refractivity contribution in [3.05, 3.63) is 89.9 Å². The molecule has 3 aromatic rings. The first-order valence-corrected chi connectivity index (χ1v) is 11.5. The number of nitrogens with zero attached hydrogens (tertiary/aromatic N) is 2. The van der Waals surface area contributed by atoms with Crippen LogP contribution in [0.2, 0.25) is 0 Å². The van der Waals surface area contributed by atoms with E-state index in [0.29, 0.717) is 48.8 Å². The predicted octanol–water partition coefficient (Wildman–Crippen LogP) is 4.07. The molecular formula is C27H27N3O5. The Morgan fingerprint density at radius 3 is 2.43 bits per heavy atom. The lowest BCUT2D eigenvalue weighted by molar-refractivity contribution is -0.111. The lowest BCUT2D eigenvalue weighted by atomic mass is 10.1. The minimum absolute atomic E-state index is 0.000464. The van der Waals surface area contributed by atoms with Gasteiger partial charge < -0.3 is 24.3 Å². The molecule has 0 radical (unpaired) electrons. The maximum Gasteiger partial charge on any atom is 0.338 e. The van der Waals surface area contributed by atoms with Crippen LogP contribution in [0, 0.1) is 0 Å². The third-order valence-corrected chi connectivity index (χ3v) is 5.64. The molecular weight excluding hydrogens is 446 g/mol. The fourth-order valence-corrected chi connectivity index (χ4v) is 3.89. The number of furan rings is 1. The fourth-order valence-electron chi connectivity index (χ4n) is 3.89. The molecule has 1 fully saturated rings. The monoisotopic (exact) mass is 473 g/mol. The number of hydrogen-bond acceptors (Lipinski definition) is 6. The minimum atomic E-state index is -0.459. The number of anilines is 2. The smallest absolute Gasteiger partial charge is 0.338 e. The van der Waals surface area contributed by atoms with Gasteiger partial charge in [0.25, 0.3) is 5.91 Å². The van der Waals surface area contributed by atoms with Gasteiger partial charge in [0, 0.05) is 37.8 Å². The van der Waals surface area contributed by atoms with E-state index < -0.39 is 5.97 Å². The Morgan fingerprint density at radius 1 is 0.971 bits per heavy atom. The zero-order valence-electron chi connectivity index (χ0n) is 19.5. The van der Waals surface area contributed by atoms with E-state index in [-0.39, 0.29) is 18.4 Å². The highest BCUT2D eigenvalue weighted by atomic mass is 16.5. The molecule has 1 saturated heterocycles. The number of amides is 2. The lowest BCUT2D eigenvalue weighted by Gasteiger charge is -2.37. The van der Waals surface area contributed by atoms with Gasteiger partial charge in [-0.3, -0.25) is 9.59 Å². The summed E-state index contributed by atoms with van der Waals surface area (Å²) < 4.78 is 10.3. The highest BCUT2D eigenvalue weighted by Gasteiger charge is 2.24. The Hall–Kier alpha value is -4.33. The second kappa shape index (κ2) is 11.2. The Morgan fingerprint density at radius 2 is 1.74 bits per heavy atom. The van der Waals surface area contributed by atoms with Crippen molar-refractivity contribution in [3.8, 4) is 0 Å². The molecule has 2 aromatic carbocycles. The zero-order valence-corrected chi connectivity index (χ0v) is 19.5. The van der Waals surface area contributed by atoms with Gasteiger partial charge in [-0.15, -0.1) is 0 Å². The van der Waals surface area contributed by atoms with Crippen LogP contribution in [0.15, 0.2) is 77.4 Å². The normalized spacial score (nSPS) is 13.6. The number of ether oxygens (including phenoxy) is 1. The Kier molecular flexibility index (Phi) is 7.62. The van der Waals surface area contributed by atoms with Gasteiger partial charge in [-0.1, -0.05) is 18.2 Å². The summed E-state index contributed by atoms with van der Waals surface area (Å²) in [5.74, 6) is -0.264. The van der Waals surface area contributed by atoms with Gasteiger partial charge in [0.1, 0.15) is 5.76 Å². The van der Waals surface area contributed by atoms with E-state index in [0.717, 1.165) is 5.69 Å². The van der Waals surface area contributed by atoms with E-state index >= 15 is 0 Å². The van der Waals surface area contributed by atoms with Crippen molar-refractivity contribution >= 4 is 35.2 Å². The SMILES string of the molecule is CCOC(=O)c1ccc(N2CCN(C(=O)c3ccccc3)CC2)c(NC(=O)/C=C/c2ccco2)c1. The van der Waals surface area contributed by atoms with Crippen LogP contribution in [-0.4, -0.2) is 55.5 Å². The number of nitrogens with one attached hydrogen (secondary N) is 1. The van der Waals surface area contributed by atoms with Crippen molar-refractivity contribution in [1.82, 2.24) is 4.90 Å². The average Bonchev–Trinajstić information content (AvgIpc) is 3.42. The highest BCUT2D eigenvalue weighted by molar-refractivity contribution is 6.05. The Labute approximate surface area is 203 Å². The van der Waals surface area contributed by atoms with Crippen LogP contribution in [0.5, 0.6) is 0 Å². The highest BCUT2D eigenvalue weighted by Crippen LogP contribution is 2.29. The summed E-state index contributed by atoms with van der Waals surface area (Å²) in [4.78, 5) is 41.6. The van der Waals surface area contributed by atoms with Crippen LogP contribution in [0.1, 0.15) is 33.4 Å². The number of hydrogen-bond donors (Lipinski definition) is 1. The molecule has 1 N–H and O–H groups in total. The summed E-state index contributed by atoms with van der Waals surface area (Å²) in [6.07, 6.45) is 4.47. The lowest BCUT2D eigenvalue weighted by Crippen LogP contribution is -2.49. The Bertz CT molecular complexity index is 1200. The van der Waals surface area contributed by atoms with Gasteiger partial charge >= 0.3 is 5.97 Å². The number of carbonyl (C=O) groups is 3. The molecule has 2 amide bonds. The van der Waals surface area contributed by atoms with E-state index in [1.165, 1.54) is 12.3 Å². The number of benzene rings is 2. The van der Waals surface area contributed by atoms with Crippen LogP contribution in [0.4, 0.5) is 11.4 Å². The van der Waals surface area contributed by atoms with E-state index in [2.05, 4.69) is 10.2 Å². The maximum absolute atomic E-state index is 12.8. The first-order valence-electron chi connectivity index (χ1n) is 11.5. The summed E-state index contributed by atoms with van der Waals surface area (Å²) in [6.45, 7) is 4.25. The molecule has 35 heavy (non-hydrogen) atoms. The van der Waals surface area contributed by atoms with Crippen molar-refractivity contribution < 1.29 is 23.5 Å². The second-order valence-corrected chi connectivity index (χ2v) is 7.94. The van der Waals surface area contributed by atoms with Crippen LogP contribution in [0.25, 0.3) is 6.08 Å². The Balaban J connectivity index is 1.50. The predicted molar refractivity (Wildman–Crippen MR) is 133 cm³/mol. The van der Waals surface area contributed by atoms with Crippen molar-refractivity contribution in [2.45, 2.75) is 6.92 Å². The van der Waals surface area contributed by atoms with E-state index in [9.17, 15) is 14.4 Å². The molecule has 0 aliphatic carbocycles. The van der Waals surface area contributed by atoms with E-state index in [1.807, 2.05) is 35.2 Å². The number of carbonyl (C=O) groups excluding carboxylic acids is 3. The standard InChI is InChI=1S/C27H27N3O5/c1-2-34-27(33)21-10-12-24(23(19-21)28-25(31)13-11-22-9-6-18-35-22)29-14-16-30(17-15-29)26(32)20-7-4-3-5-8-20/h3-13,18-19H,2,14-17H2,1H3,(H,28,31)/b13-11+. The summed E-state index contributed by atoms with van der Waals surface area (Å²) in [6, 6.07) is 17.8. The molecule has 0 bridgehead atoms. The first-order chi connectivity index (χ1) is 17.0. The largest absolute Gasteiger partial charge is 0.465 e. The molecule has 8 heteroatoms. The van der Waals surface area contributed by atoms with Gasteiger partial charge in [0.05, 0.1) is 29.8 Å². The fraction of sp³-hybridized carbons (Fsp3) is 0.222. The van der Waals surface area contributed by atoms with E-state index in [4.69, 9.17) is 9.15 Å². The van der Waals surface area contributed by atoms with Gasteiger partial charge in [-0.2, -0.15) is 0 Å². The molecule has 0 spiro atoms. The number of piperazine rings is 1. The molecule has 4 rings (SSSR count). The second-order valence-electron chi connectivity index (χ2n) is 7.94. The van der Waals surface area contributed by atoms with Crippen LogP contribution >= 0.6 is 0 Å². The van der Waals surface area contributed by atoms with Crippen LogP contribution in [0.3, 0.4) is 0 Å². The van der Waals surface area contributed by atoms with Gasteiger partial charge in [-0.05, 0) is 55.5 Å². The summed E-state index contributed by atoms with van der Waals surface area (Å²) in [7, 11) is 0. The third-order valence-electron chi connectivity index (χ3n) is 5.64. The topological polar surface area (TPSA) is 92.1 Å². The van der Waals surface area contributed by atoms with Crippen molar-refractivity contribution in [1.29, 1.82) is 0 Å². The molecule has 180 valence electrons. The quantitative estimate of drug-likeness (QED) is 0.411. The first kappa shape index (κ1) is 23.8. The van der Waals surface area contributed by atoms with E-state index in [1.54, 1.807) is 43.3 Å². The van der Waals surface area contributed by atoms with Gasteiger partial charge in [0.2, 0.25) is 5.91 Å². The average molecular weight is 474 g/mol. The minimum Gasteiger partial charge on any atom is -0.465 e. The third kappa shape index (κ3) is 5.97. The van der Waals surface area contributed by atoms with Crippen molar-refractivity contribution in [2.75, 3.05) is 43.0 Å². The molecule has 1 aromatic heterocycles. The van der Waals surface area contributed by atoms with Crippen LogP contribution < -0.4 is 10.2 Å². The maximum atomic E-state index is 12.8. The van der Waals surface area contributed by atoms with Gasteiger partial charge in [0.15, 0.2) is 0 Å².